The summed E-state index contributed by atoms with van der Waals surface area (Å²) in [5.74, 6) is 0. The van der Waals surface area contributed by atoms with Crippen molar-refractivity contribution in [3.63, 3.8) is 0 Å². The number of benzene rings is 11. The molecule has 0 aliphatic rings. The minimum absolute atomic E-state index is 1.08. The molecule has 0 heterocycles. The van der Waals surface area contributed by atoms with Gasteiger partial charge in [-0.1, -0.05) is 218 Å². The minimum Gasteiger partial charge on any atom is -0.310 e. The van der Waals surface area contributed by atoms with Crippen LogP contribution >= 0.6 is 0 Å². The van der Waals surface area contributed by atoms with E-state index in [4.69, 9.17) is 0 Å². The van der Waals surface area contributed by atoms with Crippen LogP contribution in [0.15, 0.2) is 261 Å². The number of fused-ring (bicyclic) bond motifs is 2. The first kappa shape index (κ1) is 37.7. The second kappa shape index (κ2) is 16.7. The third kappa shape index (κ3) is 7.47. The first-order valence-corrected chi connectivity index (χ1v) is 21.7. The number of hydrogen-bond donors (Lipinski definition) is 0. The molecule has 0 spiro atoms. The van der Waals surface area contributed by atoms with Gasteiger partial charge in [-0.2, -0.15) is 0 Å². The highest BCUT2D eigenvalue weighted by Crippen LogP contribution is 2.46. The highest BCUT2D eigenvalue weighted by atomic mass is 15.1. The molecule has 0 amide bonds. The van der Waals surface area contributed by atoms with Crippen molar-refractivity contribution < 1.29 is 0 Å². The van der Waals surface area contributed by atoms with E-state index in [1.54, 1.807) is 0 Å². The van der Waals surface area contributed by atoms with Crippen molar-refractivity contribution in [3.8, 4) is 66.8 Å². The smallest absolute Gasteiger partial charge is 0.0540 e. The third-order valence-corrected chi connectivity index (χ3v) is 12.3. The molecule has 63 heavy (non-hydrogen) atoms. The van der Waals surface area contributed by atoms with Crippen molar-refractivity contribution >= 4 is 38.6 Å². The summed E-state index contributed by atoms with van der Waals surface area (Å²) in [4.78, 5) is 2.41. The van der Waals surface area contributed by atoms with Crippen molar-refractivity contribution in [2.45, 2.75) is 0 Å². The minimum atomic E-state index is 1.08. The number of nitrogens with zero attached hydrogens (tertiary/aromatic N) is 1. The second-order valence-corrected chi connectivity index (χ2v) is 16.1. The fourth-order valence-corrected chi connectivity index (χ4v) is 9.06. The number of hydrogen-bond acceptors (Lipinski definition) is 1. The Bertz CT molecular complexity index is 3360. The van der Waals surface area contributed by atoms with Crippen molar-refractivity contribution in [3.05, 3.63) is 261 Å². The largest absolute Gasteiger partial charge is 0.310 e. The van der Waals surface area contributed by atoms with Crippen molar-refractivity contribution in [1.82, 2.24) is 0 Å². The Balaban J connectivity index is 0.999. The van der Waals surface area contributed by atoms with Crippen molar-refractivity contribution in [2.24, 2.45) is 0 Å². The van der Waals surface area contributed by atoms with Gasteiger partial charge in [-0.3, -0.25) is 0 Å². The van der Waals surface area contributed by atoms with Gasteiger partial charge in [0, 0.05) is 16.9 Å². The van der Waals surface area contributed by atoms with Gasteiger partial charge in [-0.05, 0) is 125 Å². The van der Waals surface area contributed by atoms with Gasteiger partial charge in [-0.15, -0.1) is 0 Å². The van der Waals surface area contributed by atoms with Gasteiger partial charge in [0.15, 0.2) is 0 Å². The maximum Gasteiger partial charge on any atom is 0.0540 e. The highest BCUT2D eigenvalue weighted by molar-refractivity contribution is 5.97. The van der Waals surface area contributed by atoms with Crippen molar-refractivity contribution in [1.29, 1.82) is 0 Å². The molecule has 1 nitrogen and oxygen atoms in total. The maximum absolute atomic E-state index is 2.41. The van der Waals surface area contributed by atoms with E-state index >= 15 is 0 Å². The van der Waals surface area contributed by atoms with Gasteiger partial charge in [0.05, 0.1) is 5.69 Å². The molecule has 0 fully saturated rings. The molecule has 11 aromatic carbocycles. The summed E-state index contributed by atoms with van der Waals surface area (Å²) < 4.78 is 0. The predicted octanol–water partition coefficient (Wildman–Crippen LogP) is 17.5. The molecule has 0 aromatic heterocycles. The molecule has 0 unspecified atom stereocenters. The molecule has 0 radical (unpaired) electrons. The van der Waals surface area contributed by atoms with Crippen LogP contribution in [-0.2, 0) is 0 Å². The molecule has 1 heteroatoms. The summed E-state index contributed by atoms with van der Waals surface area (Å²) >= 11 is 0. The Kier molecular flexibility index (Phi) is 9.97. The molecular formula is C62H43N. The van der Waals surface area contributed by atoms with Crippen LogP contribution < -0.4 is 4.90 Å². The maximum atomic E-state index is 2.41. The van der Waals surface area contributed by atoms with Crippen LogP contribution in [0.1, 0.15) is 0 Å². The van der Waals surface area contributed by atoms with Crippen LogP contribution in [0.2, 0.25) is 0 Å². The van der Waals surface area contributed by atoms with Gasteiger partial charge < -0.3 is 4.90 Å². The van der Waals surface area contributed by atoms with E-state index in [1.165, 1.54) is 82.7 Å². The molecule has 0 bridgehead atoms. The molecule has 11 aromatic rings. The Morgan fingerprint density at radius 1 is 0.190 bits per heavy atom. The van der Waals surface area contributed by atoms with E-state index in [-0.39, 0.29) is 0 Å². The van der Waals surface area contributed by atoms with Gasteiger partial charge >= 0.3 is 0 Å². The van der Waals surface area contributed by atoms with Crippen LogP contribution in [0.5, 0.6) is 0 Å². The fourth-order valence-electron chi connectivity index (χ4n) is 9.06. The SMILES string of the molecule is c1ccc(-c2ccccc2-c2ccccc2-c2ccccc2N(c2ccc(-c3ccc(-c4ccc5ccccc5c4)cc3)cc2)c2ccc(-c3ccc4ccccc4c3)cc2)cc1. The summed E-state index contributed by atoms with van der Waals surface area (Å²) in [5.41, 5.74) is 17.6. The van der Waals surface area contributed by atoms with E-state index in [9.17, 15) is 0 Å². The molecule has 0 atom stereocenters. The third-order valence-electron chi connectivity index (χ3n) is 12.3. The summed E-state index contributed by atoms with van der Waals surface area (Å²) in [6.45, 7) is 0. The van der Waals surface area contributed by atoms with Gasteiger partial charge in [0.25, 0.3) is 0 Å². The second-order valence-electron chi connectivity index (χ2n) is 16.1. The lowest BCUT2D eigenvalue weighted by molar-refractivity contribution is 1.28. The van der Waals surface area contributed by atoms with Gasteiger partial charge in [0.1, 0.15) is 0 Å². The zero-order valence-corrected chi connectivity index (χ0v) is 34.8. The molecule has 0 aliphatic carbocycles. The highest BCUT2D eigenvalue weighted by Gasteiger charge is 2.20. The zero-order chi connectivity index (χ0) is 42.0. The van der Waals surface area contributed by atoms with E-state index in [0.29, 0.717) is 0 Å². The number of anilines is 3. The predicted molar refractivity (Wildman–Crippen MR) is 269 cm³/mol. The molecule has 11 rings (SSSR count). The normalized spacial score (nSPS) is 11.2. The number of para-hydroxylation sites is 1. The van der Waals surface area contributed by atoms with Crippen LogP contribution in [0, 0.1) is 0 Å². The quantitative estimate of drug-likeness (QED) is 0.141. The molecule has 0 saturated carbocycles. The van der Waals surface area contributed by atoms with Crippen molar-refractivity contribution in [2.75, 3.05) is 4.90 Å². The molecule has 0 N–H and O–H groups in total. The number of rotatable bonds is 9. The Morgan fingerprint density at radius 3 is 1.03 bits per heavy atom. The average Bonchev–Trinajstić information content (AvgIpc) is 3.37. The monoisotopic (exact) mass is 801 g/mol. The van der Waals surface area contributed by atoms with Crippen LogP contribution in [0.25, 0.3) is 88.3 Å². The Morgan fingerprint density at radius 2 is 0.524 bits per heavy atom. The molecule has 0 saturated heterocycles. The lowest BCUT2D eigenvalue weighted by Crippen LogP contribution is -2.11. The average molecular weight is 802 g/mol. The lowest BCUT2D eigenvalue weighted by Gasteiger charge is -2.29. The van der Waals surface area contributed by atoms with Crippen LogP contribution in [-0.4, -0.2) is 0 Å². The van der Waals surface area contributed by atoms with Gasteiger partial charge in [-0.25, -0.2) is 0 Å². The molecule has 296 valence electrons. The summed E-state index contributed by atoms with van der Waals surface area (Å²) in [7, 11) is 0. The summed E-state index contributed by atoms with van der Waals surface area (Å²) in [6, 6.07) is 94.7. The van der Waals surface area contributed by atoms with Crippen LogP contribution in [0.3, 0.4) is 0 Å². The first-order valence-electron chi connectivity index (χ1n) is 21.7. The first-order chi connectivity index (χ1) is 31.2. The summed E-state index contributed by atoms with van der Waals surface area (Å²) in [5, 5.41) is 5.00. The lowest BCUT2D eigenvalue weighted by atomic mass is 9.88. The van der Waals surface area contributed by atoms with Gasteiger partial charge in [0.2, 0.25) is 0 Å². The molecular weight excluding hydrogens is 759 g/mol. The van der Waals surface area contributed by atoms with Crippen LogP contribution in [0.4, 0.5) is 17.1 Å². The van der Waals surface area contributed by atoms with E-state index in [1.807, 2.05) is 0 Å². The van der Waals surface area contributed by atoms with E-state index in [2.05, 4.69) is 266 Å². The summed E-state index contributed by atoms with van der Waals surface area (Å²) in [6.07, 6.45) is 0. The Labute approximate surface area is 369 Å². The topological polar surface area (TPSA) is 3.24 Å². The zero-order valence-electron chi connectivity index (χ0n) is 34.8. The van der Waals surface area contributed by atoms with E-state index < -0.39 is 0 Å². The van der Waals surface area contributed by atoms with E-state index in [0.717, 1.165) is 22.6 Å². The molecule has 0 aliphatic heterocycles. The Hall–Kier alpha value is -8.26. The standard InChI is InChI=1S/C62H43N/c1-2-16-50(17-3-1)57-20-8-9-21-58(57)59-22-10-11-23-60(59)61-24-12-13-25-62(61)63(56-40-36-49(37-41-56)54-33-31-45-15-5-7-19-52(45)43-54)55-38-34-47(35-39-55)46-26-28-48(29-27-46)53-32-30-44-14-4-6-18-51(44)42-53/h1-43H. The fraction of sp³-hybridized carbons (Fsp3) is 0.